The molecule has 1 saturated heterocycles. The maximum atomic E-state index is 5.92. The highest BCUT2D eigenvalue weighted by Crippen LogP contribution is 2.24. The van der Waals surface area contributed by atoms with Crippen LogP contribution in [0.4, 0.5) is 5.82 Å². The van der Waals surface area contributed by atoms with Crippen LogP contribution in [-0.4, -0.2) is 41.0 Å². The highest BCUT2D eigenvalue weighted by molar-refractivity contribution is 5.38. The van der Waals surface area contributed by atoms with Crippen molar-refractivity contribution in [1.29, 1.82) is 0 Å². The molecule has 0 amide bonds. The largest absolute Gasteiger partial charge is 0.369 e. The molecule has 0 bridgehead atoms. The van der Waals surface area contributed by atoms with Crippen molar-refractivity contribution in [1.82, 2.24) is 15.5 Å². The summed E-state index contributed by atoms with van der Waals surface area (Å²) >= 11 is 0. The van der Waals surface area contributed by atoms with Crippen LogP contribution >= 0.6 is 0 Å². The lowest BCUT2D eigenvalue weighted by Crippen LogP contribution is -2.52. The first-order valence-electron chi connectivity index (χ1n) is 7.51. The number of anilines is 1. The van der Waals surface area contributed by atoms with Crippen LogP contribution in [0.15, 0.2) is 12.1 Å². The van der Waals surface area contributed by atoms with Crippen molar-refractivity contribution in [3.63, 3.8) is 0 Å². The topological polar surface area (TPSA) is 50.3 Å². The molecule has 20 heavy (non-hydrogen) atoms. The van der Waals surface area contributed by atoms with Crippen LogP contribution in [0.1, 0.15) is 39.3 Å². The molecule has 5 heteroatoms. The second-order valence-electron chi connectivity index (χ2n) is 6.61. The summed E-state index contributed by atoms with van der Waals surface area (Å²) in [5.41, 5.74) is 0.882. The van der Waals surface area contributed by atoms with Crippen LogP contribution in [0, 0.1) is 0 Å². The molecule has 2 aliphatic rings. The minimum atomic E-state index is -0.133. The summed E-state index contributed by atoms with van der Waals surface area (Å²) in [6, 6.07) is 4.85. The molecular weight excluding hydrogens is 252 g/mol. The molecular formula is C15H24N4O. The highest BCUT2D eigenvalue weighted by Gasteiger charge is 2.32. The van der Waals surface area contributed by atoms with Gasteiger partial charge in [0.2, 0.25) is 0 Å². The number of aromatic nitrogens is 2. The second-order valence-corrected chi connectivity index (χ2v) is 6.61. The zero-order valence-corrected chi connectivity index (χ0v) is 12.6. The average Bonchev–Trinajstić information content (AvgIpc) is 3.18. The van der Waals surface area contributed by atoms with Gasteiger partial charge in [0.25, 0.3) is 0 Å². The standard InChI is InChI=1S/C15H24N4O/c1-11-9-19(10-15(2,3)20-11)14-7-6-13(17-18-14)8-16-12-4-5-12/h6-7,11-12,16H,4-5,8-10H2,1-3H3. The second kappa shape index (κ2) is 5.30. The van der Waals surface area contributed by atoms with Gasteiger partial charge in [-0.1, -0.05) is 0 Å². The number of nitrogens with one attached hydrogen (secondary N) is 1. The lowest BCUT2D eigenvalue weighted by atomic mass is 10.1. The molecule has 1 atom stereocenters. The molecule has 5 nitrogen and oxygen atoms in total. The minimum Gasteiger partial charge on any atom is -0.369 e. The monoisotopic (exact) mass is 276 g/mol. The van der Waals surface area contributed by atoms with Crippen molar-refractivity contribution < 1.29 is 4.74 Å². The number of ether oxygens (including phenoxy) is 1. The van der Waals surface area contributed by atoms with Gasteiger partial charge in [-0.3, -0.25) is 0 Å². The Hall–Kier alpha value is -1.20. The third kappa shape index (κ3) is 3.46. The first-order chi connectivity index (χ1) is 9.52. The van der Waals surface area contributed by atoms with Gasteiger partial charge in [0.15, 0.2) is 5.82 Å². The lowest BCUT2D eigenvalue weighted by molar-refractivity contribution is -0.0752. The van der Waals surface area contributed by atoms with Crippen LogP contribution in [-0.2, 0) is 11.3 Å². The van der Waals surface area contributed by atoms with E-state index in [-0.39, 0.29) is 11.7 Å². The van der Waals surface area contributed by atoms with Crippen LogP contribution < -0.4 is 10.2 Å². The fraction of sp³-hybridized carbons (Fsp3) is 0.733. The maximum Gasteiger partial charge on any atom is 0.151 e. The molecule has 1 aliphatic heterocycles. The Morgan fingerprint density at radius 1 is 1.35 bits per heavy atom. The third-order valence-electron chi connectivity index (χ3n) is 3.75. The summed E-state index contributed by atoms with van der Waals surface area (Å²) in [6.45, 7) is 8.90. The Bertz CT molecular complexity index is 455. The first kappa shape index (κ1) is 13.8. The smallest absolute Gasteiger partial charge is 0.151 e. The molecule has 0 spiro atoms. The maximum absolute atomic E-state index is 5.92. The van der Waals surface area contributed by atoms with E-state index < -0.39 is 0 Å². The van der Waals surface area contributed by atoms with Crippen LogP contribution in [0.2, 0.25) is 0 Å². The molecule has 110 valence electrons. The molecule has 1 aromatic heterocycles. The van der Waals surface area contributed by atoms with Gasteiger partial charge in [0.1, 0.15) is 0 Å². The van der Waals surface area contributed by atoms with E-state index in [4.69, 9.17) is 4.74 Å². The summed E-state index contributed by atoms with van der Waals surface area (Å²) in [7, 11) is 0. The fourth-order valence-corrected chi connectivity index (χ4v) is 2.78. The summed E-state index contributed by atoms with van der Waals surface area (Å²) in [5, 5.41) is 12.2. The zero-order valence-electron chi connectivity index (χ0n) is 12.6. The Kier molecular flexibility index (Phi) is 3.65. The molecule has 1 saturated carbocycles. The van der Waals surface area contributed by atoms with E-state index in [9.17, 15) is 0 Å². The van der Waals surface area contributed by atoms with Crippen molar-refractivity contribution in [2.75, 3.05) is 18.0 Å². The third-order valence-corrected chi connectivity index (χ3v) is 3.75. The number of nitrogens with zero attached hydrogens (tertiary/aromatic N) is 3. The Morgan fingerprint density at radius 2 is 2.15 bits per heavy atom. The number of hydrogen-bond donors (Lipinski definition) is 1. The molecule has 0 aromatic carbocycles. The quantitative estimate of drug-likeness (QED) is 0.907. The van der Waals surface area contributed by atoms with Gasteiger partial charge in [-0.25, -0.2) is 0 Å². The van der Waals surface area contributed by atoms with E-state index in [0.29, 0.717) is 6.04 Å². The number of rotatable bonds is 4. The Morgan fingerprint density at radius 3 is 2.75 bits per heavy atom. The van der Waals surface area contributed by atoms with E-state index in [1.807, 2.05) is 0 Å². The van der Waals surface area contributed by atoms with Crippen molar-refractivity contribution in [2.24, 2.45) is 0 Å². The SMILES string of the molecule is CC1CN(c2ccc(CNC3CC3)nn2)CC(C)(C)O1. The molecule has 2 fully saturated rings. The van der Waals surface area contributed by atoms with Gasteiger partial charge in [0, 0.05) is 25.7 Å². The molecule has 1 aromatic rings. The van der Waals surface area contributed by atoms with Gasteiger partial charge >= 0.3 is 0 Å². The van der Waals surface area contributed by atoms with Crippen molar-refractivity contribution in [3.05, 3.63) is 17.8 Å². The zero-order chi connectivity index (χ0) is 14.2. The summed E-state index contributed by atoms with van der Waals surface area (Å²) < 4.78 is 5.92. The molecule has 2 heterocycles. The van der Waals surface area contributed by atoms with Gasteiger partial charge in [0.05, 0.1) is 17.4 Å². The highest BCUT2D eigenvalue weighted by atomic mass is 16.5. The van der Waals surface area contributed by atoms with E-state index in [1.165, 1.54) is 12.8 Å². The fourth-order valence-electron chi connectivity index (χ4n) is 2.78. The van der Waals surface area contributed by atoms with Gasteiger partial charge in [-0.15, -0.1) is 5.10 Å². The predicted molar refractivity (Wildman–Crippen MR) is 78.7 cm³/mol. The van der Waals surface area contributed by atoms with E-state index >= 15 is 0 Å². The molecule has 1 unspecified atom stereocenters. The average molecular weight is 276 g/mol. The summed E-state index contributed by atoms with van der Waals surface area (Å²) in [5.74, 6) is 0.948. The molecule has 1 N–H and O–H groups in total. The predicted octanol–water partition coefficient (Wildman–Crippen LogP) is 1.73. The molecule has 0 radical (unpaired) electrons. The first-order valence-corrected chi connectivity index (χ1v) is 7.51. The van der Waals surface area contributed by atoms with E-state index in [0.717, 1.165) is 31.1 Å². The van der Waals surface area contributed by atoms with Gasteiger partial charge < -0.3 is 15.0 Å². The van der Waals surface area contributed by atoms with Crippen molar-refractivity contribution >= 4 is 5.82 Å². The van der Waals surface area contributed by atoms with E-state index in [2.05, 4.69) is 53.3 Å². The van der Waals surface area contributed by atoms with Crippen molar-refractivity contribution in [3.8, 4) is 0 Å². The number of hydrogen-bond acceptors (Lipinski definition) is 5. The van der Waals surface area contributed by atoms with Crippen LogP contribution in [0.5, 0.6) is 0 Å². The Balaban J connectivity index is 1.63. The van der Waals surface area contributed by atoms with E-state index in [1.54, 1.807) is 0 Å². The van der Waals surface area contributed by atoms with Crippen LogP contribution in [0.3, 0.4) is 0 Å². The van der Waals surface area contributed by atoms with Gasteiger partial charge in [-0.2, -0.15) is 5.10 Å². The Labute approximate surface area is 120 Å². The summed E-state index contributed by atoms with van der Waals surface area (Å²) in [4.78, 5) is 2.26. The molecule has 3 rings (SSSR count). The lowest BCUT2D eigenvalue weighted by Gasteiger charge is -2.42. The molecule has 1 aliphatic carbocycles. The minimum absolute atomic E-state index is 0.133. The normalized spacial score (nSPS) is 25.8. The number of morpholine rings is 1. The van der Waals surface area contributed by atoms with Gasteiger partial charge in [-0.05, 0) is 45.7 Å². The van der Waals surface area contributed by atoms with Crippen LogP contribution in [0.25, 0.3) is 0 Å². The van der Waals surface area contributed by atoms with Crippen molar-refractivity contribution in [2.45, 2.75) is 57.9 Å². The summed E-state index contributed by atoms with van der Waals surface area (Å²) in [6.07, 6.45) is 2.81.